The summed E-state index contributed by atoms with van der Waals surface area (Å²) >= 11 is 0. The molecule has 1 rings (SSSR count). The fourth-order valence-corrected chi connectivity index (χ4v) is 4.32. The molecule has 26 heavy (non-hydrogen) atoms. The van der Waals surface area contributed by atoms with Crippen molar-refractivity contribution in [3.05, 3.63) is 0 Å². The van der Waals surface area contributed by atoms with Gasteiger partial charge in [0.15, 0.2) is 5.96 Å². The summed E-state index contributed by atoms with van der Waals surface area (Å²) in [4.78, 5) is 4.59. The highest BCUT2D eigenvalue weighted by Gasteiger charge is 2.24. The van der Waals surface area contributed by atoms with Crippen molar-refractivity contribution in [3.63, 3.8) is 0 Å². The van der Waals surface area contributed by atoms with Gasteiger partial charge in [0.25, 0.3) is 0 Å². The maximum atomic E-state index is 11.5. The van der Waals surface area contributed by atoms with Crippen LogP contribution in [0.4, 0.5) is 0 Å². The zero-order chi connectivity index (χ0) is 19.1. The number of nitrogens with one attached hydrogen (secondary N) is 2. The van der Waals surface area contributed by atoms with E-state index in [1.165, 1.54) is 16.8 Å². The van der Waals surface area contributed by atoms with E-state index in [0.717, 1.165) is 19.4 Å². The smallest absolute Gasteiger partial charge is 0.211 e. The minimum Gasteiger partial charge on any atom is -0.357 e. The Morgan fingerprint density at radius 2 is 1.77 bits per heavy atom. The van der Waals surface area contributed by atoms with Crippen LogP contribution in [-0.2, 0) is 19.9 Å². The van der Waals surface area contributed by atoms with E-state index in [0.29, 0.717) is 37.9 Å². The summed E-state index contributed by atoms with van der Waals surface area (Å²) in [5.41, 5.74) is 0. The maximum absolute atomic E-state index is 11.5. The van der Waals surface area contributed by atoms with Crippen LogP contribution in [0.15, 0.2) is 4.99 Å². The molecule has 8 nitrogen and oxygen atoms in total. The minimum atomic E-state index is -3.10. The summed E-state index contributed by atoms with van der Waals surface area (Å²) in [6, 6.07) is -0.000364. The third-order valence-electron chi connectivity index (χ3n) is 4.20. The first-order valence-electron chi connectivity index (χ1n) is 8.69. The second-order valence-electron chi connectivity index (χ2n) is 6.79. The van der Waals surface area contributed by atoms with E-state index < -0.39 is 19.9 Å². The quantitative estimate of drug-likeness (QED) is 0.275. The number of piperidine rings is 1. The monoisotopic (exact) mass is 524 g/mol. The molecular weight excluding hydrogens is 491 g/mol. The van der Waals surface area contributed by atoms with Crippen LogP contribution in [0.25, 0.3) is 0 Å². The Labute approximate surface area is 175 Å². The van der Waals surface area contributed by atoms with Crippen molar-refractivity contribution in [1.82, 2.24) is 14.9 Å². The molecule has 0 radical (unpaired) electrons. The Morgan fingerprint density at radius 3 is 2.23 bits per heavy atom. The molecule has 0 aromatic heterocycles. The van der Waals surface area contributed by atoms with Crippen molar-refractivity contribution in [2.45, 2.75) is 39.2 Å². The van der Waals surface area contributed by atoms with Crippen LogP contribution in [0.1, 0.15) is 33.1 Å². The van der Waals surface area contributed by atoms with Gasteiger partial charge < -0.3 is 10.6 Å². The number of hydrogen-bond donors (Lipinski definition) is 2. The van der Waals surface area contributed by atoms with Gasteiger partial charge in [-0.3, -0.25) is 4.99 Å². The molecule has 156 valence electrons. The Bertz CT molecular complexity index is 645. The molecule has 1 saturated heterocycles. The summed E-state index contributed by atoms with van der Waals surface area (Å²) < 4.78 is 47.1. The van der Waals surface area contributed by atoms with E-state index in [1.54, 1.807) is 0 Å². The first-order valence-corrected chi connectivity index (χ1v) is 12.6. The Hall–Kier alpha value is -0.140. The second kappa shape index (κ2) is 11.6. The lowest BCUT2D eigenvalue weighted by Crippen LogP contribution is -2.43. The molecule has 1 fully saturated rings. The third-order valence-corrected chi connectivity index (χ3v) is 6.48. The van der Waals surface area contributed by atoms with Gasteiger partial charge in [0.05, 0.1) is 12.0 Å². The number of sulfonamides is 1. The minimum absolute atomic E-state index is 0. The van der Waals surface area contributed by atoms with E-state index in [4.69, 9.17) is 0 Å². The lowest BCUT2D eigenvalue weighted by molar-refractivity contribution is 0.280. The van der Waals surface area contributed by atoms with E-state index in [9.17, 15) is 16.8 Å². The van der Waals surface area contributed by atoms with Crippen LogP contribution in [-0.4, -0.2) is 77.6 Å². The number of halogens is 1. The average Bonchev–Trinajstić information content (AvgIpc) is 2.50. The number of sulfone groups is 1. The molecule has 0 spiro atoms. The van der Waals surface area contributed by atoms with E-state index in [2.05, 4.69) is 15.6 Å². The summed E-state index contributed by atoms with van der Waals surface area (Å²) in [6.07, 6.45) is 4.62. The molecule has 1 aliphatic rings. The predicted octanol–water partition coefficient (Wildman–Crippen LogP) is 0.654. The van der Waals surface area contributed by atoms with Gasteiger partial charge in [0.2, 0.25) is 10.0 Å². The zero-order valence-electron chi connectivity index (χ0n) is 16.1. The Morgan fingerprint density at radius 1 is 1.19 bits per heavy atom. The molecule has 0 bridgehead atoms. The van der Waals surface area contributed by atoms with Crippen molar-refractivity contribution in [1.29, 1.82) is 0 Å². The van der Waals surface area contributed by atoms with Crippen LogP contribution in [0.3, 0.4) is 0 Å². The number of hydrogen-bond acceptors (Lipinski definition) is 5. The summed E-state index contributed by atoms with van der Waals surface area (Å²) in [7, 11) is -6.07. The van der Waals surface area contributed by atoms with Crippen molar-refractivity contribution < 1.29 is 16.8 Å². The lowest BCUT2D eigenvalue weighted by Gasteiger charge is -2.29. The molecule has 11 heteroatoms. The van der Waals surface area contributed by atoms with Gasteiger partial charge in [-0.25, -0.2) is 21.1 Å². The van der Waals surface area contributed by atoms with Gasteiger partial charge in [-0.1, -0.05) is 0 Å². The lowest BCUT2D eigenvalue weighted by atomic mass is 9.98. The Balaban J connectivity index is 0.00000625. The first-order chi connectivity index (χ1) is 11.5. The molecule has 0 aromatic carbocycles. The fraction of sp³-hybridized carbons (Fsp3) is 0.933. The van der Waals surface area contributed by atoms with Crippen molar-refractivity contribution in [2.75, 3.05) is 44.4 Å². The number of aliphatic imine (C=N–C) groups is 1. The summed E-state index contributed by atoms with van der Waals surface area (Å²) in [5, 5.41) is 6.40. The van der Waals surface area contributed by atoms with Gasteiger partial charge in [-0.2, -0.15) is 0 Å². The molecule has 1 aliphatic heterocycles. The normalized spacial score (nSPS) is 18.8. The maximum Gasteiger partial charge on any atom is 0.211 e. The predicted molar refractivity (Wildman–Crippen MR) is 117 cm³/mol. The molecular formula is C15H33IN4O4S2. The molecule has 0 amide bonds. The van der Waals surface area contributed by atoms with Crippen molar-refractivity contribution >= 4 is 49.8 Å². The fourth-order valence-electron chi connectivity index (χ4n) is 2.66. The van der Waals surface area contributed by atoms with E-state index >= 15 is 0 Å². The molecule has 0 aromatic rings. The third kappa shape index (κ3) is 10.9. The van der Waals surface area contributed by atoms with Crippen LogP contribution in [0.2, 0.25) is 0 Å². The standard InChI is InChI=1S/C15H32N4O4S2.HI/c1-5-16-15(18-13(2)8-11-24(3,20)21)17-12-14-6-9-19(10-7-14)25(4,22)23;/h13-14H,5-12H2,1-4H3,(H2,16,17,18);1H. The summed E-state index contributed by atoms with van der Waals surface area (Å²) in [6.45, 7) is 6.36. The highest BCUT2D eigenvalue weighted by atomic mass is 127. The van der Waals surface area contributed by atoms with Crippen molar-refractivity contribution in [3.8, 4) is 0 Å². The van der Waals surface area contributed by atoms with Crippen LogP contribution in [0.5, 0.6) is 0 Å². The van der Waals surface area contributed by atoms with Gasteiger partial charge in [-0.15, -0.1) is 24.0 Å². The zero-order valence-corrected chi connectivity index (χ0v) is 20.0. The van der Waals surface area contributed by atoms with Gasteiger partial charge in [0.1, 0.15) is 9.84 Å². The second-order valence-corrected chi connectivity index (χ2v) is 11.0. The van der Waals surface area contributed by atoms with E-state index in [-0.39, 0.29) is 35.8 Å². The topological polar surface area (TPSA) is 108 Å². The largest absolute Gasteiger partial charge is 0.357 e. The molecule has 2 N–H and O–H groups in total. The van der Waals surface area contributed by atoms with Gasteiger partial charge in [-0.05, 0) is 39.0 Å². The van der Waals surface area contributed by atoms with E-state index in [1.807, 2.05) is 13.8 Å². The van der Waals surface area contributed by atoms with Gasteiger partial charge >= 0.3 is 0 Å². The van der Waals surface area contributed by atoms with Crippen LogP contribution >= 0.6 is 24.0 Å². The Kier molecular flexibility index (Phi) is 11.6. The highest BCUT2D eigenvalue weighted by Crippen LogP contribution is 2.19. The highest BCUT2D eigenvalue weighted by molar-refractivity contribution is 14.0. The molecule has 0 aliphatic carbocycles. The first kappa shape index (κ1) is 25.9. The molecule has 0 saturated carbocycles. The van der Waals surface area contributed by atoms with Crippen molar-refractivity contribution in [2.24, 2.45) is 10.9 Å². The number of guanidine groups is 1. The molecule has 1 heterocycles. The molecule has 1 atom stereocenters. The summed E-state index contributed by atoms with van der Waals surface area (Å²) in [5.74, 6) is 1.18. The number of rotatable bonds is 8. The van der Waals surface area contributed by atoms with Crippen LogP contribution < -0.4 is 10.6 Å². The van der Waals surface area contributed by atoms with Gasteiger partial charge in [0, 0.05) is 38.5 Å². The number of nitrogens with zero attached hydrogens (tertiary/aromatic N) is 2. The van der Waals surface area contributed by atoms with Crippen LogP contribution in [0, 0.1) is 5.92 Å². The molecule has 1 unspecified atom stereocenters. The average molecular weight is 524 g/mol. The SMILES string of the molecule is CCNC(=NCC1CCN(S(C)(=O)=O)CC1)NC(C)CCS(C)(=O)=O.I.